The van der Waals surface area contributed by atoms with E-state index in [4.69, 9.17) is 0 Å². The maximum absolute atomic E-state index is 4.37. The van der Waals surface area contributed by atoms with Crippen LogP contribution in [0.5, 0.6) is 0 Å². The number of aromatic nitrogens is 2. The molecule has 22 heavy (non-hydrogen) atoms. The summed E-state index contributed by atoms with van der Waals surface area (Å²) in [4.78, 5) is 14.1. The Balaban J connectivity index is 1.43. The van der Waals surface area contributed by atoms with Crippen LogP contribution in [0.4, 0.5) is 5.69 Å². The first-order valence-corrected chi connectivity index (χ1v) is 8.61. The molecule has 0 atom stereocenters. The van der Waals surface area contributed by atoms with E-state index < -0.39 is 0 Å². The van der Waals surface area contributed by atoms with E-state index in [0.29, 0.717) is 0 Å². The van der Waals surface area contributed by atoms with Crippen molar-refractivity contribution in [1.82, 2.24) is 14.9 Å². The van der Waals surface area contributed by atoms with Crippen molar-refractivity contribution in [2.75, 3.05) is 31.1 Å². The minimum Gasteiger partial charge on any atom is -0.368 e. The Morgan fingerprint density at radius 1 is 1.23 bits per heavy atom. The van der Waals surface area contributed by atoms with Crippen LogP contribution in [0.2, 0.25) is 0 Å². The number of hydrogen-bond acceptors (Lipinski definition) is 4. The highest BCUT2D eigenvalue weighted by molar-refractivity contribution is 7.10. The number of thiophene rings is 1. The highest BCUT2D eigenvalue weighted by Crippen LogP contribution is 2.26. The van der Waals surface area contributed by atoms with Gasteiger partial charge in [0.15, 0.2) is 0 Å². The fourth-order valence-corrected chi connectivity index (χ4v) is 3.96. The van der Waals surface area contributed by atoms with E-state index in [1.165, 1.54) is 21.5 Å². The SMILES string of the molecule is Cc1sccc1N1CCN(Cc2c[nH]c3ncccc23)CC1. The number of rotatable bonds is 3. The molecular weight excluding hydrogens is 292 g/mol. The molecule has 1 aliphatic rings. The predicted molar refractivity (Wildman–Crippen MR) is 92.6 cm³/mol. The average molecular weight is 312 g/mol. The summed E-state index contributed by atoms with van der Waals surface area (Å²) in [5.74, 6) is 0. The number of nitrogens with one attached hydrogen (secondary N) is 1. The van der Waals surface area contributed by atoms with Gasteiger partial charge in [0.2, 0.25) is 0 Å². The zero-order valence-electron chi connectivity index (χ0n) is 12.7. The summed E-state index contributed by atoms with van der Waals surface area (Å²) in [6.45, 7) is 7.66. The molecule has 1 aliphatic heterocycles. The van der Waals surface area contributed by atoms with Gasteiger partial charge in [-0.15, -0.1) is 11.3 Å². The molecule has 0 bridgehead atoms. The molecule has 4 heterocycles. The third-order valence-corrected chi connectivity index (χ3v) is 5.31. The van der Waals surface area contributed by atoms with Crippen LogP contribution in [0.25, 0.3) is 11.0 Å². The second kappa shape index (κ2) is 5.74. The first kappa shape index (κ1) is 13.8. The summed E-state index contributed by atoms with van der Waals surface area (Å²) in [5, 5.41) is 3.44. The van der Waals surface area contributed by atoms with E-state index in [2.05, 4.69) is 50.4 Å². The summed E-state index contributed by atoms with van der Waals surface area (Å²) in [5.41, 5.74) is 3.76. The summed E-state index contributed by atoms with van der Waals surface area (Å²) in [6, 6.07) is 6.41. The Morgan fingerprint density at radius 2 is 2.09 bits per heavy atom. The van der Waals surface area contributed by atoms with Crippen molar-refractivity contribution in [2.24, 2.45) is 0 Å². The Labute approximate surface area is 134 Å². The molecular formula is C17H20N4S. The lowest BCUT2D eigenvalue weighted by molar-refractivity contribution is 0.250. The molecule has 4 nitrogen and oxygen atoms in total. The lowest BCUT2D eigenvalue weighted by atomic mass is 10.2. The molecule has 0 aliphatic carbocycles. The molecule has 0 unspecified atom stereocenters. The molecule has 0 amide bonds. The van der Waals surface area contributed by atoms with E-state index in [0.717, 1.165) is 38.4 Å². The van der Waals surface area contributed by atoms with Crippen molar-refractivity contribution in [3.05, 3.63) is 46.4 Å². The summed E-state index contributed by atoms with van der Waals surface area (Å²) in [7, 11) is 0. The smallest absolute Gasteiger partial charge is 0.137 e. The van der Waals surface area contributed by atoms with Crippen LogP contribution in [0, 0.1) is 6.92 Å². The summed E-state index contributed by atoms with van der Waals surface area (Å²) < 4.78 is 0. The minimum absolute atomic E-state index is 0.991. The van der Waals surface area contributed by atoms with Gasteiger partial charge in [0.1, 0.15) is 5.65 Å². The van der Waals surface area contributed by atoms with Crippen molar-refractivity contribution in [2.45, 2.75) is 13.5 Å². The van der Waals surface area contributed by atoms with Gasteiger partial charge in [0.25, 0.3) is 0 Å². The Hall–Kier alpha value is -1.85. The van der Waals surface area contributed by atoms with E-state index in [9.17, 15) is 0 Å². The molecule has 0 aromatic carbocycles. The Morgan fingerprint density at radius 3 is 2.86 bits per heavy atom. The van der Waals surface area contributed by atoms with E-state index in [1.807, 2.05) is 23.6 Å². The summed E-state index contributed by atoms with van der Waals surface area (Å²) in [6.07, 6.45) is 3.94. The van der Waals surface area contributed by atoms with Gasteiger partial charge in [-0.3, -0.25) is 4.90 Å². The number of aryl methyl sites for hydroxylation is 1. The van der Waals surface area contributed by atoms with Gasteiger partial charge in [0.05, 0.1) is 5.69 Å². The average Bonchev–Trinajstić information content (AvgIpc) is 3.15. The van der Waals surface area contributed by atoms with Crippen LogP contribution in [0.15, 0.2) is 36.0 Å². The normalized spacial score (nSPS) is 16.5. The Bertz CT molecular complexity index is 768. The number of pyridine rings is 1. The van der Waals surface area contributed by atoms with Gasteiger partial charge in [-0.25, -0.2) is 4.98 Å². The van der Waals surface area contributed by atoms with E-state index in [-0.39, 0.29) is 0 Å². The van der Waals surface area contributed by atoms with Crippen LogP contribution in [-0.2, 0) is 6.54 Å². The first-order valence-electron chi connectivity index (χ1n) is 7.73. The lowest BCUT2D eigenvalue weighted by Gasteiger charge is -2.36. The topological polar surface area (TPSA) is 35.2 Å². The molecule has 3 aromatic rings. The van der Waals surface area contributed by atoms with Gasteiger partial charge in [-0.2, -0.15) is 0 Å². The predicted octanol–water partition coefficient (Wildman–Crippen LogP) is 3.26. The summed E-state index contributed by atoms with van der Waals surface area (Å²) >= 11 is 1.84. The van der Waals surface area contributed by atoms with Crippen molar-refractivity contribution in [3.8, 4) is 0 Å². The van der Waals surface area contributed by atoms with Crippen molar-refractivity contribution in [1.29, 1.82) is 0 Å². The lowest BCUT2D eigenvalue weighted by Crippen LogP contribution is -2.46. The third kappa shape index (κ3) is 2.51. The number of anilines is 1. The maximum atomic E-state index is 4.37. The fraction of sp³-hybridized carbons (Fsp3) is 0.353. The minimum atomic E-state index is 0.991. The van der Waals surface area contributed by atoms with Crippen molar-refractivity contribution >= 4 is 28.1 Å². The van der Waals surface area contributed by atoms with Crippen molar-refractivity contribution < 1.29 is 0 Å². The molecule has 0 saturated carbocycles. The van der Waals surface area contributed by atoms with Crippen LogP contribution in [0.1, 0.15) is 10.4 Å². The number of piperazine rings is 1. The van der Waals surface area contributed by atoms with Crippen LogP contribution >= 0.6 is 11.3 Å². The monoisotopic (exact) mass is 312 g/mol. The molecule has 3 aromatic heterocycles. The molecule has 4 rings (SSSR count). The van der Waals surface area contributed by atoms with Gasteiger partial charge >= 0.3 is 0 Å². The van der Waals surface area contributed by atoms with E-state index in [1.54, 1.807) is 0 Å². The van der Waals surface area contributed by atoms with Gasteiger partial charge in [-0.1, -0.05) is 0 Å². The highest BCUT2D eigenvalue weighted by Gasteiger charge is 2.19. The molecule has 5 heteroatoms. The number of nitrogens with zero attached hydrogens (tertiary/aromatic N) is 3. The molecule has 1 fully saturated rings. The zero-order chi connectivity index (χ0) is 14.9. The second-order valence-electron chi connectivity index (χ2n) is 5.84. The second-order valence-corrected chi connectivity index (χ2v) is 6.96. The number of fused-ring (bicyclic) bond motifs is 1. The molecule has 1 saturated heterocycles. The van der Waals surface area contributed by atoms with Crippen LogP contribution in [-0.4, -0.2) is 41.0 Å². The van der Waals surface area contributed by atoms with E-state index >= 15 is 0 Å². The van der Waals surface area contributed by atoms with Gasteiger partial charge in [0, 0.05) is 55.4 Å². The maximum Gasteiger partial charge on any atom is 0.137 e. The number of hydrogen-bond donors (Lipinski definition) is 1. The zero-order valence-corrected chi connectivity index (χ0v) is 13.6. The standard InChI is InChI=1S/C17H20N4S/c1-13-16(4-10-22-13)21-8-6-20(7-9-21)12-14-11-19-17-15(14)3-2-5-18-17/h2-5,10-11H,6-9,12H2,1H3,(H,18,19). The van der Waals surface area contributed by atoms with Crippen LogP contribution < -0.4 is 4.90 Å². The number of H-pyrrole nitrogens is 1. The van der Waals surface area contributed by atoms with Gasteiger partial charge < -0.3 is 9.88 Å². The molecule has 0 radical (unpaired) electrons. The largest absolute Gasteiger partial charge is 0.368 e. The number of aromatic amines is 1. The van der Waals surface area contributed by atoms with Gasteiger partial charge in [-0.05, 0) is 36.1 Å². The molecule has 1 N–H and O–H groups in total. The Kier molecular flexibility index (Phi) is 3.60. The fourth-order valence-electron chi connectivity index (χ4n) is 3.24. The third-order valence-electron chi connectivity index (χ3n) is 4.48. The van der Waals surface area contributed by atoms with Crippen molar-refractivity contribution in [3.63, 3.8) is 0 Å². The first-order chi connectivity index (χ1) is 10.8. The quantitative estimate of drug-likeness (QED) is 0.806. The molecule has 114 valence electrons. The highest BCUT2D eigenvalue weighted by atomic mass is 32.1. The molecule has 0 spiro atoms. The van der Waals surface area contributed by atoms with Crippen LogP contribution in [0.3, 0.4) is 0 Å².